The Morgan fingerprint density at radius 3 is 2.57 bits per heavy atom. The molecule has 0 bridgehead atoms. The van der Waals surface area contributed by atoms with Crippen LogP contribution in [0, 0.1) is 18.7 Å². The summed E-state index contributed by atoms with van der Waals surface area (Å²) in [5.74, 6) is 1.63. The number of hydrogen-bond donors (Lipinski definition) is 0. The molecule has 0 aromatic carbocycles. The second-order valence-electron chi connectivity index (χ2n) is 7.26. The average Bonchev–Trinajstić information content (AvgIpc) is 2.65. The number of nitrogens with zero attached hydrogens (tertiary/aromatic N) is 3. The molecule has 3 rings (SSSR count). The molecule has 0 atom stereocenters. The molecule has 6 nitrogen and oxygen atoms in total. The summed E-state index contributed by atoms with van der Waals surface area (Å²) in [5, 5.41) is 0. The zero-order valence-corrected chi connectivity index (χ0v) is 17.1. The third-order valence-electron chi connectivity index (χ3n) is 5.07. The highest BCUT2D eigenvalue weighted by Crippen LogP contribution is 2.25. The fourth-order valence-corrected chi connectivity index (χ4v) is 4.45. The van der Waals surface area contributed by atoms with Gasteiger partial charge in [0.05, 0.1) is 23.4 Å². The van der Waals surface area contributed by atoms with Gasteiger partial charge < -0.3 is 9.64 Å². The Bertz CT molecular complexity index is 895. The predicted molar refractivity (Wildman–Crippen MR) is 106 cm³/mol. The highest BCUT2D eigenvalue weighted by atomic mass is 32.2. The molecule has 152 valence electrons. The van der Waals surface area contributed by atoms with Crippen molar-refractivity contribution in [2.24, 2.45) is 5.92 Å². The van der Waals surface area contributed by atoms with Gasteiger partial charge in [0.25, 0.3) is 0 Å². The van der Waals surface area contributed by atoms with E-state index in [1.54, 1.807) is 25.1 Å². The molecule has 0 saturated carbocycles. The van der Waals surface area contributed by atoms with Crippen LogP contribution in [0.1, 0.15) is 31.4 Å². The molecule has 1 saturated heterocycles. The molecule has 0 radical (unpaired) electrons. The van der Waals surface area contributed by atoms with Gasteiger partial charge in [0.1, 0.15) is 11.6 Å². The number of aryl methyl sites for hydroxylation is 1. The second kappa shape index (κ2) is 8.86. The standard InChI is InChI=1S/C20H26FN3O3S/c1-15-18(28(2,25)26)6-8-20(23-15)27-13-3-4-16-9-11-24(12-10-16)19-7-5-17(21)14-22-19/h5-8,14,16H,3-4,9-13H2,1-2H3. The number of pyridine rings is 2. The van der Waals surface area contributed by atoms with Crippen LogP contribution in [0.5, 0.6) is 5.88 Å². The molecular formula is C20H26FN3O3S. The summed E-state index contributed by atoms with van der Waals surface area (Å²) in [4.78, 5) is 10.8. The number of piperidine rings is 1. The van der Waals surface area contributed by atoms with Crippen LogP contribution >= 0.6 is 0 Å². The molecule has 0 amide bonds. The summed E-state index contributed by atoms with van der Waals surface area (Å²) in [6, 6.07) is 6.33. The zero-order valence-electron chi connectivity index (χ0n) is 16.3. The lowest BCUT2D eigenvalue weighted by Crippen LogP contribution is -2.34. The molecule has 1 fully saturated rings. The highest BCUT2D eigenvalue weighted by Gasteiger charge is 2.20. The largest absolute Gasteiger partial charge is 0.478 e. The van der Waals surface area contributed by atoms with Crippen molar-refractivity contribution in [3.05, 3.63) is 42.0 Å². The Hall–Kier alpha value is -2.22. The molecule has 2 aromatic rings. The first-order valence-electron chi connectivity index (χ1n) is 9.50. The number of hydrogen-bond acceptors (Lipinski definition) is 6. The smallest absolute Gasteiger partial charge is 0.213 e. The minimum absolute atomic E-state index is 0.238. The molecule has 0 unspecified atom stereocenters. The number of rotatable bonds is 7. The fraction of sp³-hybridized carbons (Fsp3) is 0.500. The van der Waals surface area contributed by atoms with Crippen LogP contribution in [-0.4, -0.2) is 44.3 Å². The van der Waals surface area contributed by atoms with Gasteiger partial charge in [-0.2, -0.15) is 0 Å². The van der Waals surface area contributed by atoms with Gasteiger partial charge in [-0.25, -0.2) is 22.8 Å². The Morgan fingerprint density at radius 1 is 1.21 bits per heavy atom. The van der Waals surface area contributed by atoms with Crippen LogP contribution in [0.2, 0.25) is 0 Å². The van der Waals surface area contributed by atoms with Gasteiger partial charge in [0.2, 0.25) is 5.88 Å². The quantitative estimate of drug-likeness (QED) is 0.655. The van der Waals surface area contributed by atoms with Gasteiger partial charge in [-0.1, -0.05) is 0 Å². The van der Waals surface area contributed by atoms with E-state index in [4.69, 9.17) is 4.74 Å². The van der Waals surface area contributed by atoms with Gasteiger partial charge in [-0.05, 0) is 56.7 Å². The Morgan fingerprint density at radius 2 is 1.96 bits per heavy atom. The molecule has 3 heterocycles. The normalized spacial score (nSPS) is 15.6. The lowest BCUT2D eigenvalue weighted by molar-refractivity contribution is 0.270. The molecule has 2 aromatic heterocycles. The van der Waals surface area contributed by atoms with E-state index < -0.39 is 9.84 Å². The van der Waals surface area contributed by atoms with Crippen LogP contribution in [-0.2, 0) is 9.84 Å². The number of sulfone groups is 1. The SMILES string of the molecule is Cc1nc(OCCCC2CCN(c3ccc(F)cn3)CC2)ccc1S(C)(=O)=O. The number of aromatic nitrogens is 2. The van der Waals surface area contributed by atoms with Crippen molar-refractivity contribution < 1.29 is 17.5 Å². The maximum Gasteiger partial charge on any atom is 0.213 e. The lowest BCUT2D eigenvalue weighted by Gasteiger charge is -2.32. The van der Waals surface area contributed by atoms with Crippen molar-refractivity contribution in [3.8, 4) is 5.88 Å². The average molecular weight is 408 g/mol. The van der Waals surface area contributed by atoms with E-state index in [0.717, 1.165) is 44.6 Å². The molecular weight excluding hydrogens is 381 g/mol. The van der Waals surface area contributed by atoms with Crippen molar-refractivity contribution >= 4 is 15.7 Å². The molecule has 28 heavy (non-hydrogen) atoms. The third kappa shape index (κ3) is 5.41. The van der Waals surface area contributed by atoms with Crippen molar-refractivity contribution in [1.82, 2.24) is 9.97 Å². The molecule has 1 aliphatic heterocycles. The van der Waals surface area contributed by atoms with Gasteiger partial charge in [-0.15, -0.1) is 0 Å². The van der Waals surface area contributed by atoms with Crippen molar-refractivity contribution in [3.63, 3.8) is 0 Å². The lowest BCUT2D eigenvalue weighted by atomic mass is 9.92. The van der Waals surface area contributed by atoms with Gasteiger partial charge in [-0.3, -0.25) is 0 Å². The number of ether oxygens (including phenoxy) is 1. The highest BCUT2D eigenvalue weighted by molar-refractivity contribution is 7.90. The van der Waals surface area contributed by atoms with E-state index in [2.05, 4.69) is 14.9 Å². The van der Waals surface area contributed by atoms with Crippen molar-refractivity contribution in [2.75, 3.05) is 30.9 Å². The summed E-state index contributed by atoms with van der Waals surface area (Å²) in [6.45, 7) is 4.09. The number of halogens is 1. The summed E-state index contributed by atoms with van der Waals surface area (Å²) < 4.78 is 41.9. The summed E-state index contributed by atoms with van der Waals surface area (Å²) in [7, 11) is -3.26. The van der Waals surface area contributed by atoms with E-state index in [1.165, 1.54) is 18.5 Å². The molecule has 0 aliphatic carbocycles. The van der Waals surface area contributed by atoms with E-state index in [-0.39, 0.29) is 10.7 Å². The number of anilines is 1. The van der Waals surface area contributed by atoms with Crippen molar-refractivity contribution in [2.45, 2.75) is 37.5 Å². The predicted octanol–water partition coefficient (Wildman–Crippen LogP) is 3.40. The first-order chi connectivity index (χ1) is 13.3. The monoisotopic (exact) mass is 407 g/mol. The second-order valence-corrected chi connectivity index (χ2v) is 9.25. The zero-order chi connectivity index (χ0) is 20.1. The van der Waals surface area contributed by atoms with E-state index in [9.17, 15) is 12.8 Å². The fourth-order valence-electron chi connectivity index (χ4n) is 3.55. The summed E-state index contributed by atoms with van der Waals surface area (Å²) >= 11 is 0. The first-order valence-corrected chi connectivity index (χ1v) is 11.4. The topological polar surface area (TPSA) is 72.4 Å². The van der Waals surface area contributed by atoms with Crippen LogP contribution in [0.4, 0.5) is 10.2 Å². The van der Waals surface area contributed by atoms with Crippen LogP contribution in [0.15, 0.2) is 35.4 Å². The minimum atomic E-state index is -3.26. The van der Waals surface area contributed by atoms with Crippen LogP contribution < -0.4 is 9.64 Å². The maximum absolute atomic E-state index is 13.0. The Labute approximate surface area is 165 Å². The third-order valence-corrected chi connectivity index (χ3v) is 6.30. The summed E-state index contributed by atoms with van der Waals surface area (Å²) in [5.41, 5.74) is 0.460. The first kappa shape index (κ1) is 20.5. The minimum Gasteiger partial charge on any atom is -0.478 e. The van der Waals surface area contributed by atoms with Gasteiger partial charge in [0.15, 0.2) is 9.84 Å². The maximum atomic E-state index is 13.0. The molecule has 8 heteroatoms. The van der Waals surface area contributed by atoms with Crippen LogP contribution in [0.25, 0.3) is 0 Å². The van der Waals surface area contributed by atoms with E-state index in [1.807, 2.05) is 0 Å². The van der Waals surface area contributed by atoms with Gasteiger partial charge >= 0.3 is 0 Å². The molecule has 0 N–H and O–H groups in total. The Kier molecular flexibility index (Phi) is 6.49. The van der Waals surface area contributed by atoms with E-state index in [0.29, 0.717) is 24.1 Å². The Balaban J connectivity index is 1.39. The van der Waals surface area contributed by atoms with Gasteiger partial charge in [0, 0.05) is 25.4 Å². The van der Waals surface area contributed by atoms with E-state index >= 15 is 0 Å². The van der Waals surface area contributed by atoms with Crippen molar-refractivity contribution in [1.29, 1.82) is 0 Å². The molecule has 1 aliphatic rings. The van der Waals surface area contributed by atoms with Crippen LogP contribution in [0.3, 0.4) is 0 Å². The summed E-state index contributed by atoms with van der Waals surface area (Å²) in [6.07, 6.45) is 6.60. The molecule has 0 spiro atoms.